The summed E-state index contributed by atoms with van der Waals surface area (Å²) >= 11 is 3.38. The van der Waals surface area contributed by atoms with Crippen molar-refractivity contribution in [1.82, 2.24) is 5.32 Å². The van der Waals surface area contributed by atoms with E-state index in [-0.39, 0.29) is 5.78 Å². The fraction of sp³-hybridized carbons (Fsp3) is 0.500. The van der Waals surface area contributed by atoms with Crippen LogP contribution in [0.4, 0.5) is 0 Å². The number of hydrogen-bond acceptors (Lipinski definition) is 4. The maximum Gasteiger partial charge on any atom is 0.164 e. The first-order valence-electron chi connectivity index (χ1n) is 4.59. The van der Waals surface area contributed by atoms with Crippen LogP contribution in [-0.4, -0.2) is 30.9 Å². The summed E-state index contributed by atoms with van der Waals surface area (Å²) in [6.45, 7) is 1.77. The molecule has 1 aromatic rings. The molecule has 0 aliphatic carbocycles. The highest BCUT2D eigenvalue weighted by atomic mass is 32.2. The van der Waals surface area contributed by atoms with Crippen molar-refractivity contribution >= 4 is 28.9 Å². The molecule has 0 spiro atoms. The van der Waals surface area contributed by atoms with Crippen molar-refractivity contribution in [3.8, 4) is 0 Å². The number of carbonyl (C=O) groups excluding carboxylic acids is 1. The third-order valence-corrected chi connectivity index (χ3v) is 3.15. The van der Waals surface area contributed by atoms with Gasteiger partial charge in [0.25, 0.3) is 0 Å². The summed E-state index contributed by atoms with van der Waals surface area (Å²) in [6.07, 6.45) is 2.68. The second kappa shape index (κ2) is 7.04. The van der Waals surface area contributed by atoms with Crippen LogP contribution in [0.1, 0.15) is 16.8 Å². The van der Waals surface area contributed by atoms with Crippen molar-refractivity contribution in [2.75, 3.05) is 25.1 Å². The molecular formula is C10H15NOS2. The predicted molar refractivity (Wildman–Crippen MR) is 64.5 cm³/mol. The number of thioether (sulfide) groups is 1. The molecule has 1 rings (SSSR count). The number of hydrogen-bond donors (Lipinski definition) is 1. The lowest BCUT2D eigenvalue weighted by atomic mass is 10.2. The summed E-state index contributed by atoms with van der Waals surface area (Å²) in [5.74, 6) is 1.34. The van der Waals surface area contributed by atoms with Gasteiger partial charge in [-0.1, -0.05) is 0 Å². The summed E-state index contributed by atoms with van der Waals surface area (Å²) in [6, 6.07) is 1.88. The summed E-state index contributed by atoms with van der Waals surface area (Å²) in [4.78, 5) is 11.5. The average Bonchev–Trinajstić information content (AvgIpc) is 2.70. The molecule has 0 aromatic carbocycles. The maximum atomic E-state index is 11.5. The van der Waals surface area contributed by atoms with Crippen molar-refractivity contribution in [3.63, 3.8) is 0 Å². The summed E-state index contributed by atoms with van der Waals surface area (Å²) in [5.41, 5.74) is 0.849. The molecule has 0 saturated heterocycles. The molecule has 14 heavy (non-hydrogen) atoms. The quantitative estimate of drug-likeness (QED) is 0.574. The van der Waals surface area contributed by atoms with Crippen molar-refractivity contribution in [2.24, 2.45) is 0 Å². The molecular weight excluding hydrogens is 214 g/mol. The molecule has 0 aliphatic rings. The number of thiophene rings is 1. The zero-order chi connectivity index (χ0) is 10.2. The average molecular weight is 229 g/mol. The van der Waals surface area contributed by atoms with Gasteiger partial charge in [0.05, 0.1) is 0 Å². The third-order valence-electron chi connectivity index (χ3n) is 1.85. The van der Waals surface area contributed by atoms with Gasteiger partial charge in [-0.15, -0.1) is 0 Å². The molecule has 0 saturated carbocycles. The number of rotatable bonds is 7. The minimum Gasteiger partial charge on any atom is -0.315 e. The molecule has 0 fully saturated rings. The van der Waals surface area contributed by atoms with Gasteiger partial charge in [0.1, 0.15) is 0 Å². The van der Waals surface area contributed by atoms with Gasteiger partial charge in [-0.3, -0.25) is 4.79 Å². The monoisotopic (exact) mass is 229 g/mol. The van der Waals surface area contributed by atoms with Gasteiger partial charge in [0, 0.05) is 36.2 Å². The van der Waals surface area contributed by atoms with Gasteiger partial charge in [-0.05, 0) is 17.7 Å². The first-order chi connectivity index (χ1) is 6.84. The zero-order valence-electron chi connectivity index (χ0n) is 8.29. The topological polar surface area (TPSA) is 29.1 Å². The van der Waals surface area contributed by atoms with Crippen LogP contribution in [0, 0.1) is 0 Å². The minimum atomic E-state index is 0.239. The lowest BCUT2D eigenvalue weighted by molar-refractivity contribution is 0.0983. The largest absolute Gasteiger partial charge is 0.315 e. The van der Waals surface area contributed by atoms with Crippen molar-refractivity contribution in [3.05, 3.63) is 22.4 Å². The first-order valence-corrected chi connectivity index (χ1v) is 6.93. The minimum absolute atomic E-state index is 0.239. The van der Waals surface area contributed by atoms with E-state index in [2.05, 4.69) is 11.6 Å². The van der Waals surface area contributed by atoms with E-state index in [0.717, 1.165) is 24.4 Å². The maximum absolute atomic E-state index is 11.5. The van der Waals surface area contributed by atoms with E-state index in [9.17, 15) is 4.79 Å². The van der Waals surface area contributed by atoms with E-state index >= 15 is 0 Å². The Morgan fingerprint density at radius 2 is 2.43 bits per heavy atom. The standard InChI is InChI=1S/C10H15NOS2/c1-13-7-5-11-4-2-10(12)9-3-6-14-8-9/h3,6,8,11H,2,4-5,7H2,1H3. The SMILES string of the molecule is CSCCNCCC(=O)c1ccsc1. The number of nitrogens with one attached hydrogen (secondary N) is 1. The van der Waals surface area contributed by atoms with Gasteiger partial charge < -0.3 is 5.32 Å². The van der Waals surface area contributed by atoms with Gasteiger partial charge in [0.2, 0.25) is 0 Å². The smallest absolute Gasteiger partial charge is 0.164 e. The second-order valence-corrected chi connectivity index (χ2v) is 4.69. The number of Topliss-reactive ketones (excluding diaryl/α,β-unsaturated/α-hetero) is 1. The van der Waals surface area contributed by atoms with Crippen LogP contribution in [0.5, 0.6) is 0 Å². The fourth-order valence-electron chi connectivity index (χ4n) is 1.07. The Morgan fingerprint density at radius 3 is 3.07 bits per heavy atom. The molecule has 0 amide bonds. The molecule has 1 heterocycles. The van der Waals surface area contributed by atoms with Gasteiger partial charge in [0.15, 0.2) is 5.78 Å². The van der Waals surface area contributed by atoms with Crippen LogP contribution in [-0.2, 0) is 0 Å². The Bertz CT molecular complexity index is 259. The van der Waals surface area contributed by atoms with E-state index in [1.54, 1.807) is 11.3 Å². The molecule has 4 heteroatoms. The molecule has 0 radical (unpaired) electrons. The van der Waals surface area contributed by atoms with Gasteiger partial charge in [-0.25, -0.2) is 0 Å². The number of ketones is 1. The molecule has 78 valence electrons. The lowest BCUT2D eigenvalue weighted by Crippen LogP contribution is -2.20. The van der Waals surface area contributed by atoms with Crippen molar-refractivity contribution in [1.29, 1.82) is 0 Å². The van der Waals surface area contributed by atoms with Crippen molar-refractivity contribution in [2.45, 2.75) is 6.42 Å². The van der Waals surface area contributed by atoms with E-state index < -0.39 is 0 Å². The van der Waals surface area contributed by atoms with E-state index in [4.69, 9.17) is 0 Å². The highest BCUT2D eigenvalue weighted by Crippen LogP contribution is 2.07. The lowest BCUT2D eigenvalue weighted by Gasteiger charge is -2.01. The summed E-state index contributed by atoms with van der Waals surface area (Å²) in [7, 11) is 0. The first kappa shape index (κ1) is 11.8. The number of carbonyl (C=O) groups is 1. The molecule has 0 atom stereocenters. The molecule has 0 bridgehead atoms. The Kier molecular flexibility index (Phi) is 5.91. The second-order valence-electron chi connectivity index (χ2n) is 2.93. The van der Waals surface area contributed by atoms with Crippen LogP contribution in [0.15, 0.2) is 16.8 Å². The van der Waals surface area contributed by atoms with Crippen molar-refractivity contribution < 1.29 is 4.79 Å². The van der Waals surface area contributed by atoms with Crippen LogP contribution >= 0.6 is 23.1 Å². The normalized spacial score (nSPS) is 10.4. The Balaban J connectivity index is 2.10. The van der Waals surface area contributed by atoms with Crippen LogP contribution in [0.2, 0.25) is 0 Å². The molecule has 2 nitrogen and oxygen atoms in total. The fourth-order valence-corrected chi connectivity index (χ4v) is 2.08. The summed E-state index contributed by atoms with van der Waals surface area (Å²) < 4.78 is 0. The predicted octanol–water partition coefficient (Wildman–Crippen LogP) is 2.27. The Labute approximate surface area is 93.1 Å². The van der Waals surface area contributed by atoms with Gasteiger partial charge >= 0.3 is 0 Å². The molecule has 1 N–H and O–H groups in total. The Hall–Kier alpha value is -0.320. The van der Waals surface area contributed by atoms with Crippen LogP contribution in [0.3, 0.4) is 0 Å². The summed E-state index contributed by atoms with van der Waals surface area (Å²) in [5, 5.41) is 7.09. The highest BCUT2D eigenvalue weighted by molar-refractivity contribution is 7.98. The third kappa shape index (κ3) is 4.26. The van der Waals surface area contributed by atoms with E-state index in [0.29, 0.717) is 6.42 Å². The Morgan fingerprint density at radius 1 is 1.57 bits per heavy atom. The molecule has 1 aromatic heterocycles. The highest BCUT2D eigenvalue weighted by Gasteiger charge is 2.04. The van der Waals surface area contributed by atoms with E-state index in [1.165, 1.54) is 0 Å². The van der Waals surface area contributed by atoms with Crippen LogP contribution < -0.4 is 5.32 Å². The van der Waals surface area contributed by atoms with Crippen LogP contribution in [0.25, 0.3) is 0 Å². The molecule has 0 unspecified atom stereocenters. The zero-order valence-corrected chi connectivity index (χ0v) is 9.92. The van der Waals surface area contributed by atoms with E-state index in [1.807, 2.05) is 28.6 Å². The molecule has 0 aliphatic heterocycles. The van der Waals surface area contributed by atoms with Gasteiger partial charge in [-0.2, -0.15) is 23.1 Å².